The molecule has 0 heterocycles. The Morgan fingerprint density at radius 1 is 0.605 bits per heavy atom. The van der Waals surface area contributed by atoms with Gasteiger partial charge in [-0.15, -0.1) is 0 Å². The van der Waals surface area contributed by atoms with Crippen LogP contribution in [0.5, 0.6) is 0 Å². The fourth-order valence-corrected chi connectivity index (χ4v) is 8.70. The predicted molar refractivity (Wildman–Crippen MR) is 150 cm³/mol. The fraction of sp³-hybridized carbons (Fsp3) is 0.552. The molecule has 1 N–H and O–H groups in total. The molecule has 38 heavy (non-hydrogen) atoms. The number of carbonyl (C=O) groups is 1. The summed E-state index contributed by atoms with van der Waals surface area (Å²) in [7, 11) is -2.53. The van der Waals surface area contributed by atoms with E-state index >= 15 is 0 Å². The monoisotopic (exact) mass is 548 g/mol. The third kappa shape index (κ3) is 11.3. The molecular weight excluding hydrogens is 504 g/mol. The van der Waals surface area contributed by atoms with Crippen LogP contribution in [0.25, 0.3) is 0 Å². The summed E-state index contributed by atoms with van der Waals surface area (Å²) in [5.74, 6) is -0.867. The van der Waals surface area contributed by atoms with Crippen molar-refractivity contribution in [1.82, 2.24) is 0 Å². The smallest absolute Gasteiger partial charge is 0.305 e. The van der Waals surface area contributed by atoms with Crippen molar-refractivity contribution in [2.75, 3.05) is 72.7 Å². The molecule has 0 spiro atoms. The molecule has 0 aromatic heterocycles. The van der Waals surface area contributed by atoms with Gasteiger partial charge in [0, 0.05) is 0 Å². The largest absolute Gasteiger partial charge is 0.481 e. The number of hydrogen-bond donors (Lipinski definition) is 1. The van der Waals surface area contributed by atoms with E-state index in [2.05, 4.69) is 69.3 Å². The van der Waals surface area contributed by atoms with Gasteiger partial charge in [0.15, 0.2) is 0 Å². The summed E-state index contributed by atoms with van der Waals surface area (Å²) in [4.78, 5) is 10.4. The van der Waals surface area contributed by atoms with E-state index < -0.39 is 14.3 Å². The predicted octanol–water partition coefficient (Wildman–Crippen LogP) is 3.12. The van der Waals surface area contributed by atoms with Crippen LogP contribution in [0, 0.1) is 0 Å². The fourth-order valence-electron chi connectivity index (χ4n) is 4.16. The number of ether oxygens (including phenoxy) is 5. The van der Waals surface area contributed by atoms with Crippen molar-refractivity contribution in [3.63, 3.8) is 0 Å². The molecule has 0 bridgehead atoms. The average molecular weight is 549 g/mol. The molecule has 0 fully saturated rings. The van der Waals surface area contributed by atoms with Crippen molar-refractivity contribution in [2.45, 2.75) is 32.2 Å². The molecule has 9 heteroatoms. The van der Waals surface area contributed by atoms with E-state index in [1.807, 2.05) is 12.1 Å². The molecule has 0 saturated carbocycles. The van der Waals surface area contributed by atoms with Crippen LogP contribution in [0.3, 0.4) is 0 Å². The standard InChI is InChI=1S/C29H44O8Si/c1-29(2,3)38(26-10-6-4-7-11-26,27-12-8-5-9-13-27)37-25-24-36-23-22-35-21-20-34-19-18-33-17-16-32-15-14-28(30)31/h4-13H,14-25H2,1-3H3,(H,30,31). The molecule has 2 rings (SSSR count). The molecule has 0 saturated heterocycles. The molecule has 0 aliphatic heterocycles. The van der Waals surface area contributed by atoms with Crippen LogP contribution in [0.2, 0.25) is 5.04 Å². The van der Waals surface area contributed by atoms with E-state index in [1.165, 1.54) is 10.4 Å². The molecule has 0 unspecified atom stereocenters. The van der Waals surface area contributed by atoms with Crippen molar-refractivity contribution in [3.05, 3.63) is 60.7 Å². The summed E-state index contributed by atoms with van der Waals surface area (Å²) < 4.78 is 34.1. The first-order valence-electron chi connectivity index (χ1n) is 13.2. The lowest BCUT2D eigenvalue weighted by Crippen LogP contribution is -2.66. The van der Waals surface area contributed by atoms with Gasteiger partial charge in [0.1, 0.15) is 0 Å². The zero-order chi connectivity index (χ0) is 27.5. The first kappa shape index (κ1) is 32.1. The highest BCUT2D eigenvalue weighted by Gasteiger charge is 2.49. The van der Waals surface area contributed by atoms with Crippen molar-refractivity contribution in [3.8, 4) is 0 Å². The number of rotatable bonds is 21. The summed E-state index contributed by atoms with van der Waals surface area (Å²) in [6, 6.07) is 21.2. The number of aliphatic carboxylic acids is 1. The number of carboxylic acid groups (broad SMARTS) is 1. The Morgan fingerprint density at radius 2 is 0.947 bits per heavy atom. The molecule has 2 aromatic rings. The van der Waals surface area contributed by atoms with Crippen molar-refractivity contribution in [2.24, 2.45) is 0 Å². The lowest BCUT2D eigenvalue weighted by Gasteiger charge is -2.43. The summed E-state index contributed by atoms with van der Waals surface area (Å²) in [6.07, 6.45) is 0.00387. The average Bonchev–Trinajstić information content (AvgIpc) is 2.90. The Hall–Kier alpha value is -2.11. The van der Waals surface area contributed by atoms with Gasteiger partial charge in [0.05, 0.1) is 79.1 Å². The van der Waals surface area contributed by atoms with Crippen molar-refractivity contribution >= 4 is 24.7 Å². The highest BCUT2D eigenvalue weighted by Crippen LogP contribution is 2.36. The van der Waals surface area contributed by atoms with E-state index in [1.54, 1.807) is 0 Å². The highest BCUT2D eigenvalue weighted by atomic mass is 28.4. The van der Waals surface area contributed by atoms with Gasteiger partial charge in [-0.05, 0) is 15.4 Å². The van der Waals surface area contributed by atoms with E-state index in [0.717, 1.165) is 0 Å². The summed E-state index contributed by atoms with van der Waals surface area (Å²) in [5, 5.41) is 11.0. The minimum Gasteiger partial charge on any atom is -0.481 e. The third-order valence-electron chi connectivity index (χ3n) is 5.91. The first-order valence-corrected chi connectivity index (χ1v) is 15.1. The van der Waals surface area contributed by atoms with Crippen molar-refractivity contribution in [1.29, 1.82) is 0 Å². The second kappa shape index (κ2) is 18.2. The molecule has 8 nitrogen and oxygen atoms in total. The highest BCUT2D eigenvalue weighted by molar-refractivity contribution is 6.99. The molecular formula is C29H44O8Si. The number of carboxylic acids is 1. The van der Waals surface area contributed by atoms with Gasteiger partial charge in [-0.25, -0.2) is 0 Å². The van der Waals surface area contributed by atoms with Gasteiger partial charge in [0.25, 0.3) is 8.32 Å². The molecule has 0 aliphatic rings. The SMILES string of the molecule is CC(C)(C)[Si](OCCOCCOCCOCCOCCOCCC(=O)O)(c1ccccc1)c1ccccc1. The number of hydrogen-bond acceptors (Lipinski definition) is 7. The van der Waals surface area contributed by atoms with Crippen LogP contribution in [0.15, 0.2) is 60.7 Å². The molecule has 0 amide bonds. The Morgan fingerprint density at radius 3 is 1.29 bits per heavy atom. The maximum Gasteiger partial charge on any atom is 0.305 e. The van der Waals surface area contributed by atoms with E-state index in [9.17, 15) is 4.79 Å². The van der Waals surface area contributed by atoms with Crippen LogP contribution in [-0.2, 0) is 32.9 Å². The van der Waals surface area contributed by atoms with Crippen LogP contribution in [0.1, 0.15) is 27.2 Å². The molecule has 0 atom stereocenters. The Balaban J connectivity index is 1.59. The van der Waals surface area contributed by atoms with Gasteiger partial charge in [-0.3, -0.25) is 4.79 Å². The van der Waals surface area contributed by atoms with Gasteiger partial charge in [-0.2, -0.15) is 0 Å². The third-order valence-corrected chi connectivity index (χ3v) is 11.0. The van der Waals surface area contributed by atoms with Crippen LogP contribution in [-0.4, -0.2) is 92.1 Å². The minimum absolute atomic E-state index is 0.00387. The second-order valence-corrected chi connectivity index (χ2v) is 14.0. The Labute approximate surface area is 228 Å². The quantitative estimate of drug-likeness (QED) is 0.188. The summed E-state index contributed by atoms with van der Waals surface area (Å²) in [5.41, 5.74) is 0. The van der Waals surface area contributed by atoms with Gasteiger partial charge < -0.3 is 33.2 Å². The topological polar surface area (TPSA) is 92.7 Å². The Kier molecular flexibility index (Phi) is 15.4. The van der Waals surface area contributed by atoms with E-state index in [0.29, 0.717) is 66.1 Å². The molecule has 2 aromatic carbocycles. The molecule has 0 radical (unpaired) electrons. The van der Waals surface area contributed by atoms with Crippen LogP contribution >= 0.6 is 0 Å². The summed E-state index contributed by atoms with van der Waals surface area (Å²) >= 11 is 0. The van der Waals surface area contributed by atoms with E-state index in [4.69, 9.17) is 33.2 Å². The van der Waals surface area contributed by atoms with Crippen molar-refractivity contribution < 1.29 is 38.0 Å². The minimum atomic E-state index is -2.53. The van der Waals surface area contributed by atoms with Gasteiger partial charge >= 0.3 is 5.97 Å². The molecule has 212 valence electrons. The maximum atomic E-state index is 10.4. The first-order chi connectivity index (χ1) is 18.4. The lowest BCUT2D eigenvalue weighted by atomic mass is 10.2. The Bertz CT molecular complexity index is 834. The second-order valence-electron chi connectivity index (χ2n) is 9.72. The van der Waals surface area contributed by atoms with Gasteiger partial charge in [-0.1, -0.05) is 81.4 Å². The lowest BCUT2D eigenvalue weighted by molar-refractivity contribution is -0.138. The maximum absolute atomic E-state index is 10.4. The van der Waals surface area contributed by atoms with E-state index in [-0.39, 0.29) is 18.1 Å². The molecule has 0 aliphatic carbocycles. The zero-order valence-corrected chi connectivity index (χ0v) is 24.1. The zero-order valence-electron chi connectivity index (χ0n) is 23.1. The van der Waals surface area contributed by atoms with Gasteiger partial charge in [0.2, 0.25) is 0 Å². The number of benzene rings is 2. The summed E-state index contributed by atoms with van der Waals surface area (Å²) in [6.45, 7) is 11.7. The van der Waals surface area contributed by atoms with Crippen LogP contribution < -0.4 is 10.4 Å². The van der Waals surface area contributed by atoms with Crippen LogP contribution in [0.4, 0.5) is 0 Å². The normalized spacial score (nSPS) is 12.1.